The van der Waals surface area contributed by atoms with Gasteiger partial charge in [0.25, 0.3) is 0 Å². The number of hydrogen-bond donors (Lipinski definition) is 1. The van der Waals surface area contributed by atoms with E-state index in [1.807, 2.05) is 36.5 Å². The van der Waals surface area contributed by atoms with Crippen molar-refractivity contribution in [2.75, 3.05) is 6.26 Å². The second kappa shape index (κ2) is 6.61. The Bertz CT molecular complexity index is 470. The molecule has 1 atom stereocenters. The number of rotatable bonds is 6. The molecule has 0 unspecified atom stereocenters. The summed E-state index contributed by atoms with van der Waals surface area (Å²) in [5, 5.41) is 3.41. The van der Waals surface area contributed by atoms with Crippen LogP contribution in [-0.4, -0.2) is 11.2 Å². The third kappa shape index (κ3) is 3.62. The molecule has 0 saturated carbocycles. The van der Waals surface area contributed by atoms with Gasteiger partial charge in [-0.15, -0.1) is 0 Å². The van der Waals surface area contributed by atoms with Gasteiger partial charge in [-0.3, -0.25) is 4.98 Å². The van der Waals surface area contributed by atoms with E-state index in [4.69, 9.17) is 4.42 Å². The molecular weight excluding hydrogens is 244 g/mol. The Kier molecular flexibility index (Phi) is 4.84. The number of nitrogens with one attached hydrogen (secondary N) is 1. The van der Waals surface area contributed by atoms with E-state index in [9.17, 15) is 0 Å². The fraction of sp³-hybridized carbons (Fsp3) is 0.357. The highest BCUT2D eigenvalue weighted by molar-refractivity contribution is 7.97. The summed E-state index contributed by atoms with van der Waals surface area (Å²) < 4.78 is 5.71. The standard InChI is InChI=1S/C14H18N2OS/c1-11(14-5-3-4-8-15-14)16-9-12-6-7-13(17-12)10-18-2/h3-8,11,16H,9-10H2,1-2H3/t11-/m0/s1. The summed E-state index contributed by atoms with van der Waals surface area (Å²) in [5.41, 5.74) is 1.05. The minimum absolute atomic E-state index is 0.223. The van der Waals surface area contributed by atoms with Crippen molar-refractivity contribution in [3.63, 3.8) is 0 Å². The third-order valence-electron chi connectivity index (χ3n) is 2.72. The molecule has 1 N–H and O–H groups in total. The van der Waals surface area contributed by atoms with Gasteiger partial charge in [0.05, 0.1) is 18.0 Å². The first kappa shape index (κ1) is 13.2. The van der Waals surface area contributed by atoms with E-state index >= 15 is 0 Å². The van der Waals surface area contributed by atoms with Crippen LogP contribution in [0.4, 0.5) is 0 Å². The van der Waals surface area contributed by atoms with Gasteiger partial charge in [-0.05, 0) is 37.4 Å². The summed E-state index contributed by atoms with van der Waals surface area (Å²) in [6, 6.07) is 10.3. The van der Waals surface area contributed by atoms with Crippen molar-refractivity contribution in [3.8, 4) is 0 Å². The SMILES string of the molecule is CSCc1ccc(CN[C@@H](C)c2ccccn2)o1. The summed E-state index contributed by atoms with van der Waals surface area (Å²) in [7, 11) is 0. The van der Waals surface area contributed by atoms with Gasteiger partial charge in [0.1, 0.15) is 11.5 Å². The van der Waals surface area contributed by atoms with Gasteiger partial charge in [-0.1, -0.05) is 6.07 Å². The summed E-state index contributed by atoms with van der Waals surface area (Å²) >= 11 is 1.77. The summed E-state index contributed by atoms with van der Waals surface area (Å²) in [5.74, 6) is 2.93. The fourth-order valence-corrected chi connectivity index (χ4v) is 2.17. The summed E-state index contributed by atoms with van der Waals surface area (Å²) in [6.45, 7) is 2.83. The van der Waals surface area contributed by atoms with Gasteiger partial charge in [0.15, 0.2) is 0 Å². The van der Waals surface area contributed by atoms with E-state index in [0.29, 0.717) is 0 Å². The minimum Gasteiger partial charge on any atom is -0.464 e. The average molecular weight is 262 g/mol. The monoisotopic (exact) mass is 262 g/mol. The first-order valence-corrected chi connectivity index (χ1v) is 7.40. The molecule has 2 aromatic rings. The van der Waals surface area contributed by atoms with Crippen molar-refractivity contribution < 1.29 is 4.42 Å². The zero-order valence-electron chi connectivity index (χ0n) is 10.7. The number of thioether (sulfide) groups is 1. The van der Waals surface area contributed by atoms with Gasteiger partial charge in [0.2, 0.25) is 0 Å². The molecule has 0 aliphatic heterocycles. The maximum atomic E-state index is 5.71. The Labute approximate surface area is 112 Å². The van der Waals surface area contributed by atoms with Crippen LogP contribution in [0.1, 0.15) is 30.2 Å². The Morgan fingerprint density at radius 1 is 1.28 bits per heavy atom. The predicted molar refractivity (Wildman–Crippen MR) is 75.4 cm³/mol. The lowest BCUT2D eigenvalue weighted by Gasteiger charge is -2.11. The van der Waals surface area contributed by atoms with E-state index in [1.165, 1.54) is 0 Å². The highest BCUT2D eigenvalue weighted by Gasteiger charge is 2.07. The van der Waals surface area contributed by atoms with Crippen LogP contribution in [-0.2, 0) is 12.3 Å². The summed E-state index contributed by atoms with van der Waals surface area (Å²) in [6.07, 6.45) is 3.89. The highest BCUT2D eigenvalue weighted by Crippen LogP contribution is 2.15. The smallest absolute Gasteiger partial charge is 0.118 e. The molecule has 0 fully saturated rings. The van der Waals surface area contributed by atoms with Crippen molar-refractivity contribution in [1.29, 1.82) is 0 Å². The topological polar surface area (TPSA) is 38.1 Å². The van der Waals surface area contributed by atoms with Crippen molar-refractivity contribution in [3.05, 3.63) is 53.7 Å². The lowest BCUT2D eigenvalue weighted by atomic mass is 10.2. The van der Waals surface area contributed by atoms with Crippen molar-refractivity contribution in [1.82, 2.24) is 10.3 Å². The van der Waals surface area contributed by atoms with Crippen LogP contribution < -0.4 is 5.32 Å². The molecule has 18 heavy (non-hydrogen) atoms. The molecule has 4 heteroatoms. The number of nitrogens with zero attached hydrogens (tertiary/aromatic N) is 1. The molecule has 3 nitrogen and oxygen atoms in total. The average Bonchev–Trinajstić information content (AvgIpc) is 2.85. The molecule has 96 valence electrons. The van der Waals surface area contributed by atoms with Crippen LogP contribution >= 0.6 is 11.8 Å². The molecule has 0 bridgehead atoms. The second-order valence-electron chi connectivity index (χ2n) is 4.16. The Morgan fingerprint density at radius 2 is 2.11 bits per heavy atom. The minimum atomic E-state index is 0.223. The molecule has 0 aliphatic carbocycles. The lowest BCUT2D eigenvalue weighted by Crippen LogP contribution is -2.18. The molecule has 0 saturated heterocycles. The van der Waals surface area contributed by atoms with Gasteiger partial charge in [-0.2, -0.15) is 11.8 Å². The van der Waals surface area contributed by atoms with Gasteiger partial charge >= 0.3 is 0 Å². The van der Waals surface area contributed by atoms with Crippen LogP contribution in [0.25, 0.3) is 0 Å². The summed E-state index contributed by atoms with van der Waals surface area (Å²) in [4.78, 5) is 4.33. The Hall–Kier alpha value is -1.26. The van der Waals surface area contributed by atoms with Crippen molar-refractivity contribution in [2.45, 2.75) is 25.3 Å². The first-order valence-electron chi connectivity index (χ1n) is 6.00. The van der Waals surface area contributed by atoms with E-state index in [0.717, 1.165) is 29.5 Å². The molecule has 0 aromatic carbocycles. The quantitative estimate of drug-likeness (QED) is 0.866. The zero-order valence-corrected chi connectivity index (χ0v) is 11.5. The predicted octanol–water partition coefficient (Wildman–Crippen LogP) is 3.39. The van der Waals surface area contributed by atoms with Crippen LogP contribution in [0.5, 0.6) is 0 Å². The van der Waals surface area contributed by atoms with Crippen LogP contribution in [0.3, 0.4) is 0 Å². The third-order valence-corrected chi connectivity index (χ3v) is 3.29. The molecule has 2 heterocycles. The number of pyridine rings is 1. The van der Waals surface area contributed by atoms with Crippen LogP contribution in [0.15, 0.2) is 40.9 Å². The van der Waals surface area contributed by atoms with Gasteiger partial charge in [0, 0.05) is 12.2 Å². The maximum absolute atomic E-state index is 5.71. The van der Waals surface area contributed by atoms with Gasteiger partial charge < -0.3 is 9.73 Å². The zero-order chi connectivity index (χ0) is 12.8. The molecule has 0 amide bonds. The highest BCUT2D eigenvalue weighted by atomic mass is 32.2. The number of hydrogen-bond acceptors (Lipinski definition) is 4. The van der Waals surface area contributed by atoms with Crippen LogP contribution in [0.2, 0.25) is 0 Å². The molecule has 2 rings (SSSR count). The molecular formula is C14H18N2OS. The Balaban J connectivity index is 1.87. The second-order valence-corrected chi connectivity index (χ2v) is 5.02. The molecule has 2 aromatic heterocycles. The molecule has 0 radical (unpaired) electrons. The number of furan rings is 1. The van der Waals surface area contributed by atoms with Gasteiger partial charge in [-0.25, -0.2) is 0 Å². The van der Waals surface area contributed by atoms with Crippen molar-refractivity contribution >= 4 is 11.8 Å². The van der Waals surface area contributed by atoms with E-state index in [1.54, 1.807) is 11.8 Å². The first-order chi connectivity index (χ1) is 8.79. The van der Waals surface area contributed by atoms with E-state index in [2.05, 4.69) is 23.5 Å². The maximum Gasteiger partial charge on any atom is 0.118 e. The van der Waals surface area contributed by atoms with Crippen LogP contribution in [0, 0.1) is 0 Å². The largest absolute Gasteiger partial charge is 0.464 e. The van der Waals surface area contributed by atoms with E-state index < -0.39 is 0 Å². The molecule has 0 spiro atoms. The van der Waals surface area contributed by atoms with E-state index in [-0.39, 0.29) is 6.04 Å². The lowest BCUT2D eigenvalue weighted by molar-refractivity contribution is 0.440. The molecule has 0 aliphatic rings. The normalized spacial score (nSPS) is 12.6. The fourth-order valence-electron chi connectivity index (χ4n) is 1.73. The van der Waals surface area contributed by atoms with Crippen molar-refractivity contribution in [2.24, 2.45) is 0 Å². The number of aromatic nitrogens is 1. The Morgan fingerprint density at radius 3 is 2.83 bits per heavy atom.